The van der Waals surface area contributed by atoms with Gasteiger partial charge in [0.15, 0.2) is 9.03 Å². The molecule has 14 heavy (non-hydrogen) atoms. The van der Waals surface area contributed by atoms with Gasteiger partial charge in [0.2, 0.25) is 0 Å². The van der Waals surface area contributed by atoms with E-state index in [0.29, 0.717) is 21.1 Å². The van der Waals surface area contributed by atoms with E-state index >= 15 is 0 Å². The van der Waals surface area contributed by atoms with Crippen LogP contribution in [0.1, 0.15) is 39.5 Å². The molecule has 1 saturated heterocycles. The molecule has 0 amide bonds. The Morgan fingerprint density at radius 1 is 1.43 bits per heavy atom. The van der Waals surface area contributed by atoms with Crippen LogP contribution in [0.15, 0.2) is 0 Å². The Hall–Kier alpha value is 0.350. The lowest BCUT2D eigenvalue weighted by atomic mass is 9.74. The van der Waals surface area contributed by atoms with E-state index in [0.717, 1.165) is 18.4 Å². The minimum Gasteiger partial charge on any atom is -0.336 e. The van der Waals surface area contributed by atoms with E-state index in [1.807, 2.05) is 0 Å². The molecule has 0 spiro atoms. The van der Waals surface area contributed by atoms with Crippen LogP contribution in [0.3, 0.4) is 0 Å². The van der Waals surface area contributed by atoms with Gasteiger partial charge in [-0.05, 0) is 31.1 Å². The summed E-state index contributed by atoms with van der Waals surface area (Å²) in [4.78, 5) is 0. The zero-order valence-electron chi connectivity index (χ0n) is 9.16. The van der Waals surface area contributed by atoms with E-state index in [9.17, 15) is 0 Å². The van der Waals surface area contributed by atoms with E-state index < -0.39 is 0 Å². The second-order valence-corrected chi connectivity index (χ2v) is 5.46. The summed E-state index contributed by atoms with van der Waals surface area (Å²) in [5.41, 5.74) is 0. The fourth-order valence-electron chi connectivity index (χ4n) is 2.64. The zero-order chi connectivity index (χ0) is 9.97. The monoisotopic (exact) mass is 216 g/mol. The highest BCUT2D eigenvalue weighted by molar-refractivity contribution is 7.26. The third kappa shape index (κ3) is 2.29. The molecule has 0 N–H and O–H groups in total. The van der Waals surface area contributed by atoms with Crippen molar-refractivity contribution in [3.05, 3.63) is 0 Å². The summed E-state index contributed by atoms with van der Waals surface area (Å²) in [5.74, 6) is 2.45. The maximum atomic E-state index is 5.71. The van der Waals surface area contributed by atoms with Gasteiger partial charge in [-0.1, -0.05) is 20.3 Å². The molecule has 5 atom stereocenters. The van der Waals surface area contributed by atoms with Gasteiger partial charge in [-0.3, -0.25) is 0 Å². The van der Waals surface area contributed by atoms with Crippen LogP contribution in [0.5, 0.6) is 0 Å². The second-order valence-electron chi connectivity index (χ2n) is 4.77. The number of fused-ring (bicyclic) bond motifs is 1. The van der Waals surface area contributed by atoms with Gasteiger partial charge in [0.25, 0.3) is 0 Å². The summed E-state index contributed by atoms with van der Waals surface area (Å²) in [6.07, 6.45) is 5.78. The summed E-state index contributed by atoms with van der Waals surface area (Å²) in [6, 6.07) is 0. The molecule has 1 heterocycles. The summed E-state index contributed by atoms with van der Waals surface area (Å²) >= 11 is 0. The Balaban J connectivity index is 1.89. The predicted molar refractivity (Wildman–Crippen MR) is 59.4 cm³/mol. The van der Waals surface area contributed by atoms with Crippen molar-refractivity contribution < 1.29 is 9.05 Å². The summed E-state index contributed by atoms with van der Waals surface area (Å²) in [7, 11) is 0.296. The van der Waals surface area contributed by atoms with Crippen molar-refractivity contribution in [1.29, 1.82) is 0 Å². The van der Waals surface area contributed by atoms with Gasteiger partial charge in [-0.15, -0.1) is 0 Å². The standard InChI is InChI=1S/C11H21O2P/c1-3-8(2)9-4-5-10-7-12-14-13-11(10)6-9/h8-11,14H,3-7H2,1-2H3. The average molecular weight is 216 g/mol. The molecule has 2 fully saturated rings. The fourth-order valence-corrected chi connectivity index (χ4v) is 3.41. The minimum atomic E-state index is 0.296. The lowest BCUT2D eigenvalue weighted by Gasteiger charge is -2.40. The van der Waals surface area contributed by atoms with E-state index in [4.69, 9.17) is 9.05 Å². The largest absolute Gasteiger partial charge is 0.336 e. The predicted octanol–water partition coefficient (Wildman–Crippen LogP) is 3.37. The van der Waals surface area contributed by atoms with Crippen LogP contribution in [0.25, 0.3) is 0 Å². The average Bonchev–Trinajstić information content (AvgIpc) is 2.27. The molecule has 1 saturated carbocycles. The number of rotatable bonds is 2. The molecular weight excluding hydrogens is 195 g/mol. The Labute approximate surface area is 88.7 Å². The Kier molecular flexibility index (Phi) is 3.81. The van der Waals surface area contributed by atoms with Gasteiger partial charge in [-0.2, -0.15) is 0 Å². The molecule has 1 aliphatic heterocycles. The highest BCUT2D eigenvalue weighted by Crippen LogP contribution is 2.42. The normalized spacial score (nSPS) is 42.0. The van der Waals surface area contributed by atoms with Crippen molar-refractivity contribution in [1.82, 2.24) is 0 Å². The summed E-state index contributed by atoms with van der Waals surface area (Å²) < 4.78 is 11.1. The van der Waals surface area contributed by atoms with Crippen LogP contribution in [0.2, 0.25) is 0 Å². The Morgan fingerprint density at radius 2 is 2.29 bits per heavy atom. The second kappa shape index (κ2) is 4.92. The van der Waals surface area contributed by atoms with Gasteiger partial charge in [0, 0.05) is 5.92 Å². The summed E-state index contributed by atoms with van der Waals surface area (Å²) in [5, 5.41) is 0. The van der Waals surface area contributed by atoms with Crippen molar-refractivity contribution in [3.8, 4) is 0 Å². The van der Waals surface area contributed by atoms with Crippen LogP contribution in [-0.4, -0.2) is 12.7 Å². The first-order chi connectivity index (χ1) is 6.81. The molecule has 2 nitrogen and oxygen atoms in total. The van der Waals surface area contributed by atoms with Crippen LogP contribution in [0.4, 0.5) is 0 Å². The lowest BCUT2D eigenvalue weighted by molar-refractivity contribution is -0.000640. The third-order valence-corrected chi connectivity index (χ3v) is 4.66. The number of hydrogen-bond donors (Lipinski definition) is 0. The summed E-state index contributed by atoms with van der Waals surface area (Å²) in [6.45, 7) is 5.62. The van der Waals surface area contributed by atoms with Crippen LogP contribution in [-0.2, 0) is 9.05 Å². The first kappa shape index (κ1) is 10.9. The van der Waals surface area contributed by atoms with Gasteiger partial charge in [0.05, 0.1) is 12.7 Å². The van der Waals surface area contributed by atoms with Gasteiger partial charge < -0.3 is 9.05 Å². The molecule has 2 rings (SSSR count). The van der Waals surface area contributed by atoms with E-state index in [2.05, 4.69) is 13.8 Å². The van der Waals surface area contributed by atoms with E-state index in [1.54, 1.807) is 0 Å². The highest BCUT2D eigenvalue weighted by atomic mass is 31.1. The topological polar surface area (TPSA) is 18.5 Å². The SMILES string of the molecule is CCC(C)C1CCC2COPOC2C1. The first-order valence-electron chi connectivity index (χ1n) is 5.83. The highest BCUT2D eigenvalue weighted by Gasteiger charge is 2.35. The maximum absolute atomic E-state index is 5.71. The molecule has 0 aromatic rings. The van der Waals surface area contributed by atoms with Crippen molar-refractivity contribution >= 4 is 9.03 Å². The molecule has 0 bridgehead atoms. The van der Waals surface area contributed by atoms with Crippen LogP contribution < -0.4 is 0 Å². The lowest BCUT2D eigenvalue weighted by Crippen LogP contribution is -2.36. The molecule has 0 radical (unpaired) electrons. The Morgan fingerprint density at radius 3 is 3.07 bits per heavy atom. The van der Waals surface area contributed by atoms with Crippen molar-refractivity contribution in [2.45, 2.75) is 45.6 Å². The fraction of sp³-hybridized carbons (Fsp3) is 1.00. The molecule has 3 heteroatoms. The van der Waals surface area contributed by atoms with E-state index in [-0.39, 0.29) is 0 Å². The Bertz CT molecular complexity index is 186. The molecule has 2 aliphatic rings. The van der Waals surface area contributed by atoms with E-state index in [1.165, 1.54) is 25.7 Å². The molecule has 0 aromatic heterocycles. The maximum Gasteiger partial charge on any atom is 0.155 e. The third-order valence-electron chi connectivity index (χ3n) is 3.97. The van der Waals surface area contributed by atoms with Crippen LogP contribution in [0, 0.1) is 17.8 Å². The zero-order valence-corrected chi connectivity index (χ0v) is 10.2. The molecule has 1 aliphatic carbocycles. The molecule has 0 aromatic carbocycles. The molecule has 82 valence electrons. The van der Waals surface area contributed by atoms with Gasteiger partial charge in [-0.25, -0.2) is 0 Å². The first-order valence-corrected chi connectivity index (χ1v) is 6.65. The van der Waals surface area contributed by atoms with Crippen molar-refractivity contribution in [2.24, 2.45) is 17.8 Å². The number of hydrogen-bond acceptors (Lipinski definition) is 2. The quantitative estimate of drug-likeness (QED) is 0.659. The minimum absolute atomic E-state index is 0.296. The van der Waals surface area contributed by atoms with Crippen molar-refractivity contribution in [2.75, 3.05) is 6.61 Å². The smallest absolute Gasteiger partial charge is 0.155 e. The molecule has 5 unspecified atom stereocenters. The van der Waals surface area contributed by atoms with Crippen LogP contribution >= 0.6 is 9.03 Å². The molecular formula is C11H21O2P. The van der Waals surface area contributed by atoms with Gasteiger partial charge in [0.1, 0.15) is 0 Å². The van der Waals surface area contributed by atoms with Gasteiger partial charge >= 0.3 is 0 Å². The van der Waals surface area contributed by atoms with Crippen molar-refractivity contribution in [3.63, 3.8) is 0 Å².